The van der Waals surface area contributed by atoms with Crippen LogP contribution in [0.5, 0.6) is 0 Å². The maximum atomic E-state index is 13.2. The van der Waals surface area contributed by atoms with Crippen LogP contribution < -0.4 is 10.9 Å². The third-order valence-electron chi connectivity index (χ3n) is 3.19. The van der Waals surface area contributed by atoms with E-state index in [0.29, 0.717) is 12.2 Å². The van der Waals surface area contributed by atoms with Gasteiger partial charge in [-0.3, -0.25) is 9.59 Å². The Bertz CT molecular complexity index is 801. The molecule has 7 heteroatoms. The molecule has 0 saturated carbocycles. The highest BCUT2D eigenvalue weighted by Crippen LogP contribution is 2.20. The number of halogens is 1. The van der Waals surface area contributed by atoms with Crippen molar-refractivity contribution < 1.29 is 18.4 Å². The fourth-order valence-corrected chi connectivity index (χ4v) is 3.07. The first-order valence-electron chi connectivity index (χ1n) is 6.25. The number of carbonyl (C=O) groups excluding carboxylic acids is 2. The summed E-state index contributed by atoms with van der Waals surface area (Å²) in [6.07, 6.45) is 0.543. The van der Waals surface area contributed by atoms with Crippen LogP contribution in [-0.2, 0) is 4.79 Å². The first-order chi connectivity index (χ1) is 10.0. The van der Waals surface area contributed by atoms with Crippen LogP contribution in [0.4, 0.5) is 4.39 Å². The molecular formula is C14H10FNO4S. The molecule has 5 nitrogen and oxygen atoms in total. The number of carbonyl (C=O) groups is 2. The maximum Gasteiger partial charge on any atom is 0.344 e. The van der Waals surface area contributed by atoms with E-state index in [1.54, 1.807) is 0 Å². The normalized spacial score (nSPS) is 18.1. The van der Waals surface area contributed by atoms with Crippen LogP contribution in [0.2, 0.25) is 0 Å². The zero-order chi connectivity index (χ0) is 15.0. The van der Waals surface area contributed by atoms with Crippen LogP contribution in [0.25, 0.3) is 10.8 Å². The summed E-state index contributed by atoms with van der Waals surface area (Å²) in [4.78, 5) is 35.3. The van der Waals surface area contributed by atoms with E-state index in [9.17, 15) is 18.8 Å². The third-order valence-corrected chi connectivity index (χ3v) is 4.20. The number of fused-ring (bicyclic) bond motifs is 1. The predicted octanol–water partition coefficient (Wildman–Crippen LogP) is 1.69. The molecule has 1 unspecified atom stereocenters. The van der Waals surface area contributed by atoms with Crippen LogP contribution >= 0.6 is 11.8 Å². The van der Waals surface area contributed by atoms with Crippen LogP contribution in [0.1, 0.15) is 17.0 Å². The second-order valence-electron chi connectivity index (χ2n) is 4.61. The van der Waals surface area contributed by atoms with Gasteiger partial charge < -0.3 is 9.73 Å². The van der Waals surface area contributed by atoms with Crippen molar-refractivity contribution in [1.29, 1.82) is 0 Å². The molecule has 1 fully saturated rings. The zero-order valence-electron chi connectivity index (χ0n) is 10.7. The summed E-state index contributed by atoms with van der Waals surface area (Å²) in [6.45, 7) is 0. The lowest BCUT2D eigenvalue weighted by atomic mass is 10.1. The summed E-state index contributed by atoms with van der Waals surface area (Å²) >= 11 is 1.15. The molecule has 1 saturated heterocycles. The lowest BCUT2D eigenvalue weighted by Crippen LogP contribution is -2.37. The van der Waals surface area contributed by atoms with Crippen LogP contribution in [0, 0.1) is 5.82 Å². The Labute approximate surface area is 122 Å². The summed E-state index contributed by atoms with van der Waals surface area (Å²) < 4.78 is 18.1. The quantitative estimate of drug-likeness (QED) is 0.913. The molecule has 2 heterocycles. The lowest BCUT2D eigenvalue weighted by molar-refractivity contribution is -0.112. The van der Waals surface area contributed by atoms with E-state index in [1.165, 1.54) is 12.1 Å². The topological polar surface area (TPSA) is 76.4 Å². The minimum Gasteiger partial charge on any atom is -0.417 e. The molecule has 3 rings (SSSR count). The minimum absolute atomic E-state index is 0.113. The average molecular weight is 307 g/mol. The number of benzene rings is 1. The molecule has 0 radical (unpaired) electrons. The van der Waals surface area contributed by atoms with Crippen molar-refractivity contribution in [2.75, 3.05) is 5.75 Å². The Kier molecular flexibility index (Phi) is 3.50. The van der Waals surface area contributed by atoms with Gasteiger partial charge >= 0.3 is 5.63 Å². The standard InChI is InChI=1S/C14H10FNO4S/c15-8-1-2-9-7(5-8)6-11(20-13(9)18)12(17)16-10-3-4-21-14(10)19/h1-2,5-6,10H,3-4H2,(H,16,17). The summed E-state index contributed by atoms with van der Waals surface area (Å²) in [7, 11) is 0. The van der Waals surface area contributed by atoms with Crippen LogP contribution in [0.3, 0.4) is 0 Å². The first kappa shape index (κ1) is 13.8. The second-order valence-corrected chi connectivity index (χ2v) is 5.71. The largest absolute Gasteiger partial charge is 0.417 e. The zero-order valence-corrected chi connectivity index (χ0v) is 11.5. The van der Waals surface area contributed by atoms with E-state index in [2.05, 4.69) is 5.32 Å². The Morgan fingerprint density at radius 2 is 2.14 bits per heavy atom. The number of nitrogens with one attached hydrogen (secondary N) is 1. The van der Waals surface area contributed by atoms with Crippen molar-refractivity contribution in [2.24, 2.45) is 0 Å². The van der Waals surface area contributed by atoms with Gasteiger partial charge in [-0.2, -0.15) is 0 Å². The third kappa shape index (κ3) is 2.69. The fourth-order valence-electron chi connectivity index (χ4n) is 2.13. The van der Waals surface area contributed by atoms with Gasteiger partial charge in [0.1, 0.15) is 5.82 Å². The molecule has 0 aliphatic carbocycles. The Hall–Kier alpha value is -2.15. The van der Waals surface area contributed by atoms with Gasteiger partial charge in [-0.05, 0) is 36.1 Å². The SMILES string of the molecule is O=C(NC1CCSC1=O)c1cc2cc(F)ccc2c(=O)o1. The predicted molar refractivity (Wildman–Crippen MR) is 75.8 cm³/mol. The number of thioether (sulfide) groups is 1. The Morgan fingerprint density at radius 1 is 1.33 bits per heavy atom. The molecule has 0 bridgehead atoms. The van der Waals surface area contributed by atoms with Gasteiger partial charge in [0.15, 0.2) is 5.76 Å². The monoisotopic (exact) mass is 307 g/mol. The molecule has 1 aromatic carbocycles. The number of hydrogen-bond donors (Lipinski definition) is 1. The second kappa shape index (κ2) is 5.33. The Balaban J connectivity index is 1.94. The molecule has 1 amide bonds. The maximum absolute atomic E-state index is 13.2. The van der Waals surface area contributed by atoms with Gasteiger partial charge in [-0.15, -0.1) is 0 Å². The van der Waals surface area contributed by atoms with Gasteiger partial charge in [0.25, 0.3) is 5.91 Å². The average Bonchev–Trinajstić information content (AvgIpc) is 2.83. The molecule has 1 aromatic heterocycles. The molecular weight excluding hydrogens is 297 g/mol. The number of hydrogen-bond acceptors (Lipinski definition) is 5. The fraction of sp³-hybridized carbons (Fsp3) is 0.214. The van der Waals surface area contributed by atoms with Crippen molar-refractivity contribution in [3.63, 3.8) is 0 Å². The summed E-state index contributed by atoms with van der Waals surface area (Å²) in [5, 5.41) is 2.88. The number of amides is 1. The van der Waals surface area contributed by atoms with E-state index in [1.807, 2.05) is 0 Å². The van der Waals surface area contributed by atoms with E-state index in [-0.39, 0.29) is 21.6 Å². The van der Waals surface area contributed by atoms with Crippen molar-refractivity contribution in [1.82, 2.24) is 5.32 Å². The lowest BCUT2D eigenvalue weighted by Gasteiger charge is -2.09. The summed E-state index contributed by atoms with van der Waals surface area (Å²) in [5.74, 6) is -0.750. The highest BCUT2D eigenvalue weighted by atomic mass is 32.2. The highest BCUT2D eigenvalue weighted by molar-refractivity contribution is 8.14. The van der Waals surface area contributed by atoms with Crippen LogP contribution in [0.15, 0.2) is 33.5 Å². The van der Waals surface area contributed by atoms with Gasteiger partial charge in [0.05, 0.1) is 11.4 Å². The molecule has 1 N–H and O–H groups in total. The van der Waals surface area contributed by atoms with Gasteiger partial charge in [0, 0.05) is 5.75 Å². The molecule has 21 heavy (non-hydrogen) atoms. The van der Waals surface area contributed by atoms with Crippen LogP contribution in [-0.4, -0.2) is 22.8 Å². The smallest absolute Gasteiger partial charge is 0.344 e. The molecule has 0 spiro atoms. The van der Waals surface area contributed by atoms with Crippen molar-refractivity contribution >= 4 is 33.6 Å². The molecule has 1 aliphatic heterocycles. The number of rotatable bonds is 2. The van der Waals surface area contributed by atoms with E-state index in [0.717, 1.165) is 23.9 Å². The van der Waals surface area contributed by atoms with Gasteiger partial charge in [-0.25, -0.2) is 9.18 Å². The first-order valence-corrected chi connectivity index (χ1v) is 7.24. The molecule has 2 aromatic rings. The highest BCUT2D eigenvalue weighted by Gasteiger charge is 2.28. The van der Waals surface area contributed by atoms with E-state index in [4.69, 9.17) is 4.42 Å². The molecule has 108 valence electrons. The van der Waals surface area contributed by atoms with Crippen molar-refractivity contribution in [2.45, 2.75) is 12.5 Å². The molecule has 1 atom stereocenters. The van der Waals surface area contributed by atoms with Gasteiger partial charge in [0.2, 0.25) is 5.12 Å². The van der Waals surface area contributed by atoms with Gasteiger partial charge in [-0.1, -0.05) is 11.8 Å². The molecule has 1 aliphatic rings. The van der Waals surface area contributed by atoms with E-state index >= 15 is 0 Å². The summed E-state index contributed by atoms with van der Waals surface area (Å²) in [5.41, 5.74) is -0.718. The van der Waals surface area contributed by atoms with E-state index < -0.39 is 23.4 Å². The van der Waals surface area contributed by atoms with Crippen molar-refractivity contribution in [3.8, 4) is 0 Å². The minimum atomic E-state index is -0.718. The summed E-state index contributed by atoms with van der Waals surface area (Å²) in [6, 6.07) is 4.32. The Morgan fingerprint density at radius 3 is 2.86 bits per heavy atom. The van der Waals surface area contributed by atoms with Crippen molar-refractivity contribution in [3.05, 3.63) is 46.3 Å².